The van der Waals surface area contributed by atoms with E-state index in [4.69, 9.17) is 0 Å². The smallest absolute Gasteiger partial charge is 0.228 e. The molecule has 0 saturated heterocycles. The molecule has 7 rings (SSSR count). The van der Waals surface area contributed by atoms with E-state index in [1.807, 2.05) is 131 Å². The number of hydrogen-bond donors (Lipinski definition) is 3. The molecule has 3 N–H and O–H groups in total. The van der Waals surface area contributed by atoms with E-state index in [0.717, 1.165) is 45.5 Å². The van der Waals surface area contributed by atoms with Crippen molar-refractivity contribution in [2.75, 3.05) is 16.0 Å². The van der Waals surface area contributed by atoms with E-state index in [-0.39, 0.29) is 0 Å². The van der Waals surface area contributed by atoms with E-state index in [1.165, 1.54) is 18.5 Å². The van der Waals surface area contributed by atoms with Crippen molar-refractivity contribution in [1.29, 1.82) is 0 Å². The normalized spacial score (nSPS) is 11.4. The van der Waals surface area contributed by atoms with Gasteiger partial charge >= 0.3 is 0 Å². The molecule has 3 aromatic heterocycles. The molecule has 6 aromatic rings. The van der Waals surface area contributed by atoms with Gasteiger partial charge in [-0.15, -0.1) is 0 Å². The van der Waals surface area contributed by atoms with E-state index >= 15 is 0 Å². The molecule has 0 bridgehead atoms. The molecule has 49 heavy (non-hydrogen) atoms. The van der Waals surface area contributed by atoms with Crippen LogP contribution in [0.3, 0.4) is 0 Å². The van der Waals surface area contributed by atoms with Gasteiger partial charge in [-0.2, -0.15) is 0 Å². The molecule has 1 fully saturated rings. The summed E-state index contributed by atoms with van der Waals surface area (Å²) in [4.78, 5) is 26.2. The number of rotatable bonds is 7. The van der Waals surface area contributed by atoms with E-state index in [1.54, 1.807) is 6.92 Å². The topological polar surface area (TPSA) is 113 Å². The van der Waals surface area contributed by atoms with Crippen molar-refractivity contribution >= 4 is 34.9 Å². The van der Waals surface area contributed by atoms with Gasteiger partial charge in [-0.3, -0.25) is 0 Å². The first-order valence-electron chi connectivity index (χ1n) is 16.3. The summed E-state index contributed by atoms with van der Waals surface area (Å²) >= 11 is 0. The maximum absolute atomic E-state index is 4.57. The summed E-state index contributed by atoms with van der Waals surface area (Å²) in [5, 5.41) is 9.56. The fraction of sp³-hybridized carbons (Fsp3) is 0.200. The molecule has 1 aliphatic rings. The summed E-state index contributed by atoms with van der Waals surface area (Å²) < 4.78 is 0. The van der Waals surface area contributed by atoms with Gasteiger partial charge in [0.2, 0.25) is 17.8 Å². The Morgan fingerprint density at radius 3 is 1.31 bits per heavy atom. The molecule has 9 nitrogen and oxygen atoms in total. The van der Waals surface area contributed by atoms with Gasteiger partial charge in [-0.1, -0.05) is 60.5 Å². The van der Waals surface area contributed by atoms with Gasteiger partial charge in [0.05, 0.1) is 0 Å². The Balaban J connectivity index is 0.000000144. The van der Waals surface area contributed by atoms with Crippen LogP contribution in [0.15, 0.2) is 109 Å². The Hall–Kier alpha value is -6.14. The molecule has 3 heterocycles. The number of para-hydroxylation sites is 3. The van der Waals surface area contributed by atoms with Crippen LogP contribution in [0.5, 0.6) is 0 Å². The average molecular weight is 648 g/mol. The van der Waals surface area contributed by atoms with Crippen LogP contribution in [0.1, 0.15) is 59.8 Å². The van der Waals surface area contributed by atoms with Crippen molar-refractivity contribution in [3.8, 4) is 11.8 Å². The van der Waals surface area contributed by atoms with Crippen molar-refractivity contribution in [2.45, 2.75) is 53.4 Å². The van der Waals surface area contributed by atoms with E-state index in [0.29, 0.717) is 23.8 Å². The SMILES string of the molecule is CC#Cc1cc(C)nc(Nc2ccccc2)n1.Cc1cc(C)nc(Nc2ccccc2)n1.Cc1cc(C2CC2)nc(Nc2ccccc2)n1. The highest BCUT2D eigenvalue weighted by Crippen LogP contribution is 2.39. The summed E-state index contributed by atoms with van der Waals surface area (Å²) in [6.07, 6.45) is 2.53. The Labute approximate surface area is 288 Å². The van der Waals surface area contributed by atoms with Crippen LogP contribution in [-0.4, -0.2) is 29.9 Å². The average Bonchev–Trinajstić information content (AvgIpc) is 3.92. The van der Waals surface area contributed by atoms with Gasteiger partial charge in [0, 0.05) is 51.4 Å². The number of nitrogens with one attached hydrogen (secondary N) is 3. The van der Waals surface area contributed by atoms with Gasteiger partial charge in [0.1, 0.15) is 5.69 Å². The Morgan fingerprint density at radius 1 is 0.490 bits per heavy atom. The minimum absolute atomic E-state index is 0.578. The number of aromatic nitrogens is 6. The number of aryl methyl sites for hydroxylation is 4. The zero-order chi connectivity index (χ0) is 34.4. The maximum atomic E-state index is 4.57. The van der Waals surface area contributed by atoms with Crippen LogP contribution >= 0.6 is 0 Å². The highest BCUT2D eigenvalue weighted by molar-refractivity contribution is 5.55. The third-order valence-corrected chi connectivity index (χ3v) is 7.05. The Bertz CT molecular complexity index is 1980. The highest BCUT2D eigenvalue weighted by atomic mass is 15.1. The van der Waals surface area contributed by atoms with Gasteiger partial charge in [-0.25, -0.2) is 29.9 Å². The number of hydrogen-bond acceptors (Lipinski definition) is 9. The van der Waals surface area contributed by atoms with Gasteiger partial charge < -0.3 is 16.0 Å². The third kappa shape index (κ3) is 11.6. The van der Waals surface area contributed by atoms with E-state index < -0.39 is 0 Å². The van der Waals surface area contributed by atoms with Crippen molar-refractivity contribution in [2.24, 2.45) is 0 Å². The molecule has 246 valence electrons. The van der Waals surface area contributed by atoms with Crippen LogP contribution in [0.25, 0.3) is 0 Å². The lowest BCUT2D eigenvalue weighted by atomic mass is 10.2. The molecule has 0 atom stereocenters. The number of nitrogens with zero attached hydrogens (tertiary/aromatic N) is 6. The summed E-state index contributed by atoms with van der Waals surface area (Å²) in [7, 11) is 0. The molecule has 0 unspecified atom stereocenters. The summed E-state index contributed by atoms with van der Waals surface area (Å²) in [6.45, 7) is 9.67. The molecule has 0 radical (unpaired) electrons. The highest BCUT2D eigenvalue weighted by Gasteiger charge is 2.25. The molecule has 3 aromatic carbocycles. The Morgan fingerprint density at radius 2 is 0.878 bits per heavy atom. The number of anilines is 6. The van der Waals surface area contributed by atoms with Crippen LogP contribution < -0.4 is 16.0 Å². The van der Waals surface area contributed by atoms with Crippen molar-refractivity contribution in [1.82, 2.24) is 29.9 Å². The molecular formula is C40H41N9. The van der Waals surface area contributed by atoms with Crippen LogP contribution in [0, 0.1) is 39.5 Å². The zero-order valence-corrected chi connectivity index (χ0v) is 28.6. The van der Waals surface area contributed by atoms with Gasteiger partial charge in [0.15, 0.2) is 0 Å². The third-order valence-electron chi connectivity index (χ3n) is 7.05. The predicted octanol–water partition coefficient (Wildman–Crippen LogP) is 9.14. The molecule has 1 aliphatic carbocycles. The van der Waals surface area contributed by atoms with Crippen molar-refractivity contribution in [3.05, 3.63) is 143 Å². The van der Waals surface area contributed by atoms with E-state index in [9.17, 15) is 0 Å². The summed E-state index contributed by atoms with van der Waals surface area (Å²) in [5.41, 5.74) is 8.78. The zero-order valence-electron chi connectivity index (χ0n) is 28.6. The second-order valence-electron chi connectivity index (χ2n) is 11.6. The van der Waals surface area contributed by atoms with Crippen molar-refractivity contribution < 1.29 is 0 Å². The number of benzene rings is 3. The molecular weight excluding hydrogens is 607 g/mol. The quantitative estimate of drug-likeness (QED) is 0.146. The first-order valence-corrected chi connectivity index (χ1v) is 16.3. The largest absolute Gasteiger partial charge is 0.324 e. The summed E-state index contributed by atoms with van der Waals surface area (Å²) in [5.74, 6) is 8.36. The van der Waals surface area contributed by atoms with Gasteiger partial charge in [-0.05, 0) is 108 Å². The van der Waals surface area contributed by atoms with Crippen LogP contribution in [-0.2, 0) is 0 Å². The second-order valence-corrected chi connectivity index (χ2v) is 11.6. The maximum Gasteiger partial charge on any atom is 0.228 e. The first kappa shape index (κ1) is 34.2. The lowest BCUT2D eigenvalue weighted by Gasteiger charge is -2.07. The second kappa shape index (κ2) is 17.1. The predicted molar refractivity (Wildman–Crippen MR) is 199 cm³/mol. The lowest BCUT2D eigenvalue weighted by Crippen LogP contribution is -2.01. The molecule has 0 aliphatic heterocycles. The van der Waals surface area contributed by atoms with Gasteiger partial charge in [0.25, 0.3) is 0 Å². The first-order chi connectivity index (χ1) is 23.8. The lowest BCUT2D eigenvalue weighted by molar-refractivity contribution is 0.972. The minimum Gasteiger partial charge on any atom is -0.324 e. The monoisotopic (exact) mass is 647 g/mol. The fourth-order valence-electron chi connectivity index (χ4n) is 4.79. The fourth-order valence-corrected chi connectivity index (χ4v) is 4.79. The molecule has 0 amide bonds. The Kier molecular flexibility index (Phi) is 12.0. The molecule has 1 saturated carbocycles. The van der Waals surface area contributed by atoms with E-state index in [2.05, 4.69) is 63.8 Å². The molecule has 0 spiro atoms. The van der Waals surface area contributed by atoms with Crippen LogP contribution in [0.4, 0.5) is 34.9 Å². The standard InChI is InChI=1S/C14H15N3.C14H13N3.C12H13N3/c1-10-9-13(11-7-8-11)17-14(15-10)16-12-5-3-2-4-6-12;1-3-7-13-10-11(2)15-14(17-13)16-12-8-5-4-6-9-12;1-9-8-10(2)14-12(13-9)15-11-6-4-3-5-7-11/h2-6,9,11H,7-8H2,1H3,(H,15,16,17);4-6,8-10H,1-2H3,(H,15,16,17);3-8H,1-2H3,(H,13,14,15). The minimum atomic E-state index is 0.578. The van der Waals surface area contributed by atoms with Crippen LogP contribution in [0.2, 0.25) is 0 Å². The van der Waals surface area contributed by atoms with Crippen molar-refractivity contribution in [3.63, 3.8) is 0 Å². The molecule has 9 heteroatoms. The summed E-state index contributed by atoms with van der Waals surface area (Å²) in [6, 6.07) is 35.7.